The van der Waals surface area contributed by atoms with E-state index in [1.165, 1.54) is 11.6 Å². The van der Waals surface area contributed by atoms with Gasteiger partial charge in [0.1, 0.15) is 16.9 Å². The zero-order valence-electron chi connectivity index (χ0n) is 14.1. The second-order valence-corrected chi connectivity index (χ2v) is 6.26. The summed E-state index contributed by atoms with van der Waals surface area (Å²) in [5.41, 5.74) is -1.03. The number of nitrogens with zero attached hydrogens (tertiary/aromatic N) is 2. The van der Waals surface area contributed by atoms with Gasteiger partial charge in [0.05, 0.1) is 0 Å². The number of imidazole rings is 1. The number of alkyl carbamates (subject to hydrolysis) is 1. The summed E-state index contributed by atoms with van der Waals surface area (Å²) in [6.07, 6.45) is 3.56. The van der Waals surface area contributed by atoms with E-state index in [1.807, 2.05) is 0 Å². The molecule has 2 rings (SSSR count). The highest BCUT2D eigenvalue weighted by Gasteiger charge is 2.15. The fraction of sp³-hybridized carbons (Fsp3) is 0.467. The van der Waals surface area contributed by atoms with Crippen molar-refractivity contribution in [3.05, 3.63) is 32.7 Å². The molecule has 0 unspecified atom stereocenters. The zero-order chi connectivity index (χ0) is 17.9. The van der Waals surface area contributed by atoms with E-state index in [-0.39, 0.29) is 11.2 Å². The molecule has 0 radical (unpaired) electrons. The van der Waals surface area contributed by atoms with Gasteiger partial charge in [0, 0.05) is 13.6 Å². The number of H-pyrrole nitrogens is 2. The summed E-state index contributed by atoms with van der Waals surface area (Å²) in [5, 5.41) is 2.63. The first-order chi connectivity index (χ1) is 11.2. The quantitative estimate of drug-likeness (QED) is 0.716. The highest BCUT2D eigenvalue weighted by molar-refractivity contribution is 5.71. The standard InChI is InChI=1S/C15H21N5O4/c1-15(2,3)24-14(23)16-8-6-5-7-9-17-10-11(18-9)20(4)13(22)19-12(10)21/h5,7H,6,8H2,1-4H3,(H,16,23)(H,17,18)(H,19,21,22). The second kappa shape index (κ2) is 6.73. The summed E-state index contributed by atoms with van der Waals surface area (Å²) in [6.45, 7) is 5.79. The molecule has 130 valence electrons. The Labute approximate surface area is 137 Å². The van der Waals surface area contributed by atoms with Crippen molar-refractivity contribution in [1.29, 1.82) is 0 Å². The summed E-state index contributed by atoms with van der Waals surface area (Å²) in [6, 6.07) is 0. The summed E-state index contributed by atoms with van der Waals surface area (Å²) in [4.78, 5) is 43.9. The van der Waals surface area contributed by atoms with Gasteiger partial charge in [0.2, 0.25) is 0 Å². The lowest BCUT2D eigenvalue weighted by atomic mass is 10.2. The van der Waals surface area contributed by atoms with Crippen LogP contribution in [0.4, 0.5) is 4.79 Å². The Morgan fingerprint density at radius 1 is 1.33 bits per heavy atom. The molecule has 24 heavy (non-hydrogen) atoms. The molecular formula is C15H21N5O4. The number of amides is 1. The Morgan fingerprint density at radius 2 is 2.04 bits per heavy atom. The van der Waals surface area contributed by atoms with Crippen molar-refractivity contribution in [2.45, 2.75) is 32.8 Å². The molecule has 0 saturated carbocycles. The van der Waals surface area contributed by atoms with E-state index in [4.69, 9.17) is 4.74 Å². The lowest BCUT2D eigenvalue weighted by Crippen LogP contribution is -2.32. The first-order valence-corrected chi connectivity index (χ1v) is 7.50. The molecule has 9 heteroatoms. The van der Waals surface area contributed by atoms with E-state index in [1.54, 1.807) is 32.9 Å². The van der Waals surface area contributed by atoms with Crippen molar-refractivity contribution in [3.63, 3.8) is 0 Å². The van der Waals surface area contributed by atoms with Crippen LogP contribution in [0.2, 0.25) is 0 Å². The molecule has 0 fully saturated rings. The van der Waals surface area contributed by atoms with Gasteiger partial charge in [-0.25, -0.2) is 14.6 Å². The number of aromatic amines is 2. The van der Waals surface area contributed by atoms with Gasteiger partial charge in [-0.3, -0.25) is 14.3 Å². The van der Waals surface area contributed by atoms with E-state index in [9.17, 15) is 14.4 Å². The molecule has 3 N–H and O–H groups in total. The zero-order valence-corrected chi connectivity index (χ0v) is 14.1. The number of rotatable bonds is 4. The molecule has 0 spiro atoms. The van der Waals surface area contributed by atoms with Crippen LogP contribution in [0.3, 0.4) is 0 Å². The largest absolute Gasteiger partial charge is 0.444 e. The van der Waals surface area contributed by atoms with Gasteiger partial charge < -0.3 is 15.0 Å². The fourth-order valence-electron chi connectivity index (χ4n) is 1.97. The molecule has 0 aromatic carbocycles. The van der Waals surface area contributed by atoms with Crippen LogP contribution < -0.4 is 16.6 Å². The van der Waals surface area contributed by atoms with Gasteiger partial charge >= 0.3 is 11.8 Å². The van der Waals surface area contributed by atoms with Crippen molar-refractivity contribution in [2.24, 2.45) is 7.05 Å². The van der Waals surface area contributed by atoms with E-state index in [0.29, 0.717) is 18.8 Å². The molecule has 0 bridgehead atoms. The monoisotopic (exact) mass is 335 g/mol. The minimum Gasteiger partial charge on any atom is -0.444 e. The SMILES string of the molecule is Cn1c(=O)[nH]c(=O)c2[nH]c(C=CCCNC(=O)OC(C)(C)C)nc21. The fourth-order valence-corrected chi connectivity index (χ4v) is 1.97. The Bertz CT molecular complexity index is 882. The van der Waals surface area contributed by atoms with Gasteiger partial charge in [-0.15, -0.1) is 0 Å². The minimum absolute atomic E-state index is 0.239. The van der Waals surface area contributed by atoms with Crippen LogP contribution in [0.15, 0.2) is 15.7 Å². The van der Waals surface area contributed by atoms with Gasteiger partial charge in [-0.1, -0.05) is 6.08 Å². The lowest BCUT2D eigenvalue weighted by molar-refractivity contribution is 0.0529. The number of carbonyl (C=O) groups excluding carboxylic acids is 1. The van der Waals surface area contributed by atoms with Gasteiger partial charge in [-0.05, 0) is 33.3 Å². The first-order valence-electron chi connectivity index (χ1n) is 7.50. The third kappa shape index (κ3) is 4.34. The Balaban J connectivity index is 1.96. The summed E-state index contributed by atoms with van der Waals surface area (Å²) in [7, 11) is 1.53. The molecule has 9 nitrogen and oxygen atoms in total. The van der Waals surface area contributed by atoms with Crippen molar-refractivity contribution < 1.29 is 9.53 Å². The summed E-state index contributed by atoms with van der Waals surface area (Å²) >= 11 is 0. The molecule has 1 amide bonds. The number of nitrogens with one attached hydrogen (secondary N) is 3. The maximum Gasteiger partial charge on any atom is 0.407 e. The molecule has 0 aliphatic carbocycles. The average molecular weight is 335 g/mol. The van der Waals surface area contributed by atoms with Crippen LogP contribution in [0, 0.1) is 0 Å². The molecular weight excluding hydrogens is 314 g/mol. The number of carbonyl (C=O) groups is 1. The highest BCUT2D eigenvalue weighted by Crippen LogP contribution is 2.07. The number of aromatic nitrogens is 4. The molecule has 0 atom stereocenters. The van der Waals surface area contributed by atoms with Crippen molar-refractivity contribution in [3.8, 4) is 0 Å². The smallest absolute Gasteiger partial charge is 0.407 e. The topological polar surface area (TPSA) is 122 Å². The summed E-state index contributed by atoms with van der Waals surface area (Å²) in [5.74, 6) is 0.453. The van der Waals surface area contributed by atoms with E-state index < -0.39 is 22.9 Å². The van der Waals surface area contributed by atoms with Gasteiger partial charge in [0.25, 0.3) is 5.56 Å². The molecule has 0 aliphatic heterocycles. The Hall–Kier alpha value is -2.84. The van der Waals surface area contributed by atoms with Crippen LogP contribution in [0.5, 0.6) is 0 Å². The molecule has 2 heterocycles. The molecule has 0 saturated heterocycles. The molecule has 2 aromatic heterocycles. The third-order valence-electron chi connectivity index (χ3n) is 3.03. The maximum atomic E-state index is 11.7. The van der Waals surface area contributed by atoms with Crippen LogP contribution in [0.25, 0.3) is 17.2 Å². The van der Waals surface area contributed by atoms with Gasteiger partial charge in [0.15, 0.2) is 5.65 Å². The van der Waals surface area contributed by atoms with Crippen molar-refractivity contribution in [2.75, 3.05) is 6.54 Å². The molecule has 2 aromatic rings. The normalized spacial score (nSPS) is 12.0. The summed E-state index contributed by atoms with van der Waals surface area (Å²) < 4.78 is 6.38. The minimum atomic E-state index is -0.531. The predicted octanol–water partition coefficient (Wildman–Crippen LogP) is 0.878. The van der Waals surface area contributed by atoms with Crippen LogP contribution in [0.1, 0.15) is 33.0 Å². The van der Waals surface area contributed by atoms with Crippen molar-refractivity contribution >= 4 is 23.3 Å². The average Bonchev–Trinajstić information content (AvgIpc) is 2.87. The third-order valence-corrected chi connectivity index (χ3v) is 3.03. The van der Waals surface area contributed by atoms with Crippen LogP contribution >= 0.6 is 0 Å². The van der Waals surface area contributed by atoms with E-state index >= 15 is 0 Å². The van der Waals surface area contributed by atoms with E-state index in [0.717, 1.165) is 0 Å². The number of ether oxygens (including phenoxy) is 1. The lowest BCUT2D eigenvalue weighted by Gasteiger charge is -2.19. The number of hydrogen-bond donors (Lipinski definition) is 3. The van der Waals surface area contributed by atoms with Crippen LogP contribution in [-0.4, -0.2) is 37.8 Å². The van der Waals surface area contributed by atoms with Gasteiger partial charge in [-0.2, -0.15) is 0 Å². The maximum absolute atomic E-state index is 11.7. The van der Waals surface area contributed by atoms with Crippen LogP contribution in [-0.2, 0) is 11.8 Å². The first kappa shape index (κ1) is 17.5. The predicted molar refractivity (Wildman–Crippen MR) is 89.8 cm³/mol. The Morgan fingerprint density at radius 3 is 2.71 bits per heavy atom. The molecule has 0 aliphatic rings. The van der Waals surface area contributed by atoms with E-state index in [2.05, 4.69) is 20.3 Å². The number of fused-ring (bicyclic) bond motifs is 1. The Kier molecular flexibility index (Phi) is 4.91. The number of hydrogen-bond acceptors (Lipinski definition) is 5. The highest BCUT2D eigenvalue weighted by atomic mass is 16.6. The second-order valence-electron chi connectivity index (χ2n) is 6.26. The number of aryl methyl sites for hydroxylation is 1. The van der Waals surface area contributed by atoms with Crippen molar-refractivity contribution in [1.82, 2.24) is 24.8 Å².